The van der Waals surface area contributed by atoms with E-state index in [1.165, 1.54) is 13.0 Å². The van der Waals surface area contributed by atoms with Crippen molar-refractivity contribution in [2.75, 3.05) is 5.32 Å². The number of hydrogen-bond donors (Lipinski definition) is 1. The fourth-order valence-electron chi connectivity index (χ4n) is 1.99. The average Bonchev–Trinajstić information content (AvgIpc) is 2.40. The predicted molar refractivity (Wildman–Crippen MR) is 82.4 cm³/mol. The predicted octanol–water partition coefficient (Wildman–Crippen LogP) is 5.70. The second kappa shape index (κ2) is 6.10. The average molecular weight is 358 g/mol. The summed E-state index contributed by atoms with van der Waals surface area (Å²) in [5.74, 6) is 0. The molecule has 0 radical (unpaired) electrons. The number of halogens is 4. The maximum atomic E-state index is 12.9. The highest BCUT2D eigenvalue weighted by atomic mass is 79.9. The van der Waals surface area contributed by atoms with Crippen molar-refractivity contribution < 1.29 is 13.2 Å². The molecule has 0 aliphatic carbocycles. The molecular weight excluding hydrogens is 343 g/mol. The monoisotopic (exact) mass is 357 g/mol. The molecule has 0 heterocycles. The first-order chi connectivity index (χ1) is 9.77. The first kappa shape index (κ1) is 15.9. The first-order valence-corrected chi connectivity index (χ1v) is 7.23. The molecule has 2 rings (SSSR count). The van der Waals surface area contributed by atoms with E-state index in [-0.39, 0.29) is 5.56 Å². The van der Waals surface area contributed by atoms with Crippen LogP contribution in [0.1, 0.15) is 22.3 Å². The lowest BCUT2D eigenvalue weighted by Gasteiger charge is -2.13. The number of aryl methyl sites for hydroxylation is 2. The normalized spacial score (nSPS) is 11.5. The second-order valence-corrected chi connectivity index (χ2v) is 5.82. The van der Waals surface area contributed by atoms with Gasteiger partial charge in [-0.05, 0) is 48.7 Å². The number of hydrogen-bond acceptors (Lipinski definition) is 1. The number of alkyl halides is 3. The van der Waals surface area contributed by atoms with Gasteiger partial charge in [-0.15, -0.1) is 0 Å². The molecule has 0 saturated heterocycles. The molecule has 0 aromatic heterocycles. The Hall–Kier alpha value is -1.49. The third kappa shape index (κ3) is 4.00. The van der Waals surface area contributed by atoms with Crippen molar-refractivity contribution in [2.45, 2.75) is 26.6 Å². The Labute approximate surface area is 130 Å². The van der Waals surface area contributed by atoms with Crippen LogP contribution in [0.15, 0.2) is 40.9 Å². The Balaban J connectivity index is 2.15. The molecule has 0 aliphatic heterocycles. The Bertz CT molecular complexity index is 650. The van der Waals surface area contributed by atoms with Gasteiger partial charge in [0.05, 0.1) is 5.56 Å². The fraction of sp³-hybridized carbons (Fsp3) is 0.250. The van der Waals surface area contributed by atoms with Crippen LogP contribution in [-0.4, -0.2) is 0 Å². The van der Waals surface area contributed by atoms with Gasteiger partial charge in [0.1, 0.15) is 0 Å². The Kier molecular flexibility index (Phi) is 4.61. The van der Waals surface area contributed by atoms with Crippen LogP contribution in [0.25, 0.3) is 0 Å². The smallest absolute Gasteiger partial charge is 0.381 e. The zero-order valence-corrected chi connectivity index (χ0v) is 13.3. The van der Waals surface area contributed by atoms with Crippen molar-refractivity contribution in [1.29, 1.82) is 0 Å². The molecular formula is C16H15BrF3N. The van der Waals surface area contributed by atoms with E-state index in [1.807, 2.05) is 25.1 Å². The lowest BCUT2D eigenvalue weighted by molar-refractivity contribution is -0.138. The molecule has 0 fully saturated rings. The summed E-state index contributed by atoms with van der Waals surface area (Å²) in [5.41, 5.74) is 2.21. The van der Waals surface area contributed by atoms with E-state index in [4.69, 9.17) is 0 Å². The van der Waals surface area contributed by atoms with Crippen molar-refractivity contribution in [3.63, 3.8) is 0 Å². The largest absolute Gasteiger partial charge is 0.416 e. The van der Waals surface area contributed by atoms with Gasteiger partial charge in [0, 0.05) is 16.7 Å². The SMILES string of the molecule is Cc1ccc(CNc2ccc(C)c(C(F)(F)F)c2)cc1Br. The molecule has 0 saturated carbocycles. The number of rotatable bonds is 3. The van der Waals surface area contributed by atoms with E-state index in [9.17, 15) is 13.2 Å². The van der Waals surface area contributed by atoms with Crippen LogP contribution in [0.5, 0.6) is 0 Å². The maximum absolute atomic E-state index is 12.9. The van der Waals surface area contributed by atoms with Crippen molar-refractivity contribution in [3.8, 4) is 0 Å². The summed E-state index contributed by atoms with van der Waals surface area (Å²) >= 11 is 3.44. The van der Waals surface area contributed by atoms with Crippen molar-refractivity contribution >= 4 is 21.6 Å². The molecule has 2 aromatic rings. The first-order valence-electron chi connectivity index (χ1n) is 6.44. The summed E-state index contributed by atoms with van der Waals surface area (Å²) in [6, 6.07) is 10.2. The van der Waals surface area contributed by atoms with Gasteiger partial charge >= 0.3 is 6.18 Å². The van der Waals surface area contributed by atoms with Crippen LogP contribution in [-0.2, 0) is 12.7 Å². The molecule has 0 atom stereocenters. The lowest BCUT2D eigenvalue weighted by Crippen LogP contribution is -2.09. The van der Waals surface area contributed by atoms with Gasteiger partial charge < -0.3 is 5.32 Å². The molecule has 1 nitrogen and oxygen atoms in total. The minimum Gasteiger partial charge on any atom is -0.381 e. The highest BCUT2D eigenvalue weighted by Crippen LogP contribution is 2.33. The molecule has 0 amide bonds. The van der Waals surface area contributed by atoms with Gasteiger partial charge in [0.15, 0.2) is 0 Å². The number of anilines is 1. The van der Waals surface area contributed by atoms with E-state index in [0.29, 0.717) is 12.2 Å². The summed E-state index contributed by atoms with van der Waals surface area (Å²) in [4.78, 5) is 0. The summed E-state index contributed by atoms with van der Waals surface area (Å²) < 4.78 is 39.6. The molecule has 112 valence electrons. The molecule has 0 aliphatic rings. The van der Waals surface area contributed by atoms with Gasteiger partial charge in [-0.2, -0.15) is 13.2 Å². The maximum Gasteiger partial charge on any atom is 0.416 e. The molecule has 1 N–H and O–H groups in total. The number of nitrogens with one attached hydrogen (secondary N) is 1. The highest BCUT2D eigenvalue weighted by molar-refractivity contribution is 9.10. The van der Waals surface area contributed by atoms with Crippen molar-refractivity contribution in [2.24, 2.45) is 0 Å². The van der Waals surface area contributed by atoms with Crippen LogP contribution in [0.3, 0.4) is 0 Å². The molecule has 0 bridgehead atoms. The Morgan fingerprint density at radius 3 is 2.29 bits per heavy atom. The molecule has 0 unspecified atom stereocenters. The third-order valence-electron chi connectivity index (χ3n) is 3.28. The third-order valence-corrected chi connectivity index (χ3v) is 4.13. The second-order valence-electron chi connectivity index (χ2n) is 4.96. The van der Waals surface area contributed by atoms with Gasteiger partial charge in [0.25, 0.3) is 0 Å². The van der Waals surface area contributed by atoms with Gasteiger partial charge in [-0.3, -0.25) is 0 Å². The molecule has 5 heteroatoms. The van der Waals surface area contributed by atoms with Gasteiger partial charge in [-0.25, -0.2) is 0 Å². The topological polar surface area (TPSA) is 12.0 Å². The fourth-order valence-corrected chi connectivity index (χ4v) is 2.41. The summed E-state index contributed by atoms with van der Waals surface area (Å²) in [6.45, 7) is 3.92. The molecule has 21 heavy (non-hydrogen) atoms. The summed E-state index contributed by atoms with van der Waals surface area (Å²) in [6.07, 6.45) is -4.32. The van der Waals surface area contributed by atoms with E-state index < -0.39 is 11.7 Å². The summed E-state index contributed by atoms with van der Waals surface area (Å²) in [7, 11) is 0. The minimum absolute atomic E-state index is 0.228. The van der Waals surface area contributed by atoms with Crippen molar-refractivity contribution in [3.05, 3.63) is 63.1 Å². The Morgan fingerprint density at radius 2 is 1.67 bits per heavy atom. The Morgan fingerprint density at radius 1 is 1.00 bits per heavy atom. The van der Waals surface area contributed by atoms with Crippen LogP contribution in [0.4, 0.5) is 18.9 Å². The zero-order chi connectivity index (χ0) is 15.6. The van der Waals surface area contributed by atoms with Crippen molar-refractivity contribution in [1.82, 2.24) is 0 Å². The highest BCUT2D eigenvalue weighted by Gasteiger charge is 2.32. The van der Waals surface area contributed by atoms with Gasteiger partial charge in [0.2, 0.25) is 0 Å². The summed E-state index contributed by atoms with van der Waals surface area (Å²) in [5, 5.41) is 3.03. The molecule has 0 spiro atoms. The van der Waals surface area contributed by atoms with Gasteiger partial charge in [-0.1, -0.05) is 34.1 Å². The van der Waals surface area contributed by atoms with E-state index in [2.05, 4.69) is 21.2 Å². The quantitative estimate of drug-likeness (QED) is 0.743. The van der Waals surface area contributed by atoms with Crippen LogP contribution >= 0.6 is 15.9 Å². The van der Waals surface area contributed by atoms with Crippen LogP contribution < -0.4 is 5.32 Å². The van der Waals surface area contributed by atoms with E-state index in [0.717, 1.165) is 21.7 Å². The number of benzene rings is 2. The van der Waals surface area contributed by atoms with Crippen LogP contribution in [0.2, 0.25) is 0 Å². The van der Waals surface area contributed by atoms with E-state index in [1.54, 1.807) is 6.07 Å². The zero-order valence-electron chi connectivity index (χ0n) is 11.7. The van der Waals surface area contributed by atoms with Crippen LogP contribution in [0, 0.1) is 13.8 Å². The lowest BCUT2D eigenvalue weighted by atomic mass is 10.1. The standard InChI is InChI=1S/C16H15BrF3N/c1-10-4-6-13(8-14(10)16(18,19)20)21-9-12-5-3-11(2)15(17)7-12/h3-8,21H,9H2,1-2H3. The van der Waals surface area contributed by atoms with E-state index >= 15 is 0 Å². The molecule has 2 aromatic carbocycles. The minimum atomic E-state index is -4.32.